The van der Waals surface area contributed by atoms with E-state index in [2.05, 4.69) is 44.5 Å². The van der Waals surface area contributed by atoms with E-state index in [0.29, 0.717) is 6.54 Å². The molecule has 7 heteroatoms. The van der Waals surface area contributed by atoms with Gasteiger partial charge in [-0.2, -0.15) is 0 Å². The van der Waals surface area contributed by atoms with Crippen LogP contribution >= 0.6 is 0 Å². The van der Waals surface area contributed by atoms with Gasteiger partial charge in [-0.15, -0.1) is 0 Å². The number of hydrogen-bond donors (Lipinski definition) is 2. The van der Waals surface area contributed by atoms with Crippen LogP contribution in [-0.2, 0) is 24.2 Å². The number of hydrogen-bond acceptors (Lipinski definition) is 4. The van der Waals surface area contributed by atoms with Gasteiger partial charge in [-0.05, 0) is 36.6 Å². The van der Waals surface area contributed by atoms with Crippen molar-refractivity contribution < 1.29 is 9.47 Å². The fourth-order valence-corrected chi connectivity index (χ4v) is 3.39. The third kappa shape index (κ3) is 8.61. The quantitative estimate of drug-likeness (QED) is 0.237. The summed E-state index contributed by atoms with van der Waals surface area (Å²) in [5.74, 6) is 2.70. The summed E-state index contributed by atoms with van der Waals surface area (Å²) in [4.78, 5) is 9.31. The van der Waals surface area contributed by atoms with Crippen LogP contribution in [0, 0.1) is 0 Å². The first kappa shape index (κ1) is 24.3. The van der Waals surface area contributed by atoms with Crippen LogP contribution < -0.4 is 15.4 Å². The Labute approximate surface area is 196 Å². The van der Waals surface area contributed by atoms with Gasteiger partial charge in [-0.3, -0.25) is 0 Å². The lowest BCUT2D eigenvalue weighted by atomic mass is 10.2. The molecular formula is C26H35N5O2. The number of imidazole rings is 1. The Kier molecular flexibility index (Phi) is 10.3. The molecule has 0 aliphatic heterocycles. The van der Waals surface area contributed by atoms with E-state index in [1.807, 2.05) is 49.6 Å². The van der Waals surface area contributed by atoms with Gasteiger partial charge in [-0.1, -0.05) is 42.5 Å². The van der Waals surface area contributed by atoms with Gasteiger partial charge >= 0.3 is 0 Å². The van der Waals surface area contributed by atoms with Crippen LogP contribution in [0.25, 0.3) is 0 Å². The Bertz CT molecular complexity index is 954. The van der Waals surface area contributed by atoms with Gasteiger partial charge in [0.05, 0.1) is 13.7 Å². The summed E-state index contributed by atoms with van der Waals surface area (Å²) < 4.78 is 12.9. The smallest absolute Gasteiger partial charge is 0.191 e. The highest BCUT2D eigenvalue weighted by Gasteiger charge is 2.05. The lowest BCUT2D eigenvalue weighted by Crippen LogP contribution is -2.39. The first-order chi connectivity index (χ1) is 16.3. The molecule has 2 aromatic carbocycles. The minimum absolute atomic E-state index is 0.591. The largest absolute Gasteiger partial charge is 0.497 e. The summed E-state index contributed by atoms with van der Waals surface area (Å²) in [5.41, 5.74) is 2.40. The van der Waals surface area contributed by atoms with E-state index in [-0.39, 0.29) is 0 Å². The highest BCUT2D eigenvalue weighted by molar-refractivity contribution is 5.79. The average Bonchev–Trinajstić information content (AvgIpc) is 3.29. The van der Waals surface area contributed by atoms with E-state index in [4.69, 9.17) is 14.5 Å². The van der Waals surface area contributed by atoms with Crippen molar-refractivity contribution in [1.29, 1.82) is 0 Å². The molecule has 176 valence electrons. The van der Waals surface area contributed by atoms with Crippen LogP contribution in [0.3, 0.4) is 0 Å². The van der Waals surface area contributed by atoms with Gasteiger partial charge in [0.1, 0.15) is 11.6 Å². The van der Waals surface area contributed by atoms with Crippen LogP contribution in [0.5, 0.6) is 5.75 Å². The zero-order valence-corrected chi connectivity index (χ0v) is 19.7. The molecule has 2 N–H and O–H groups in total. The maximum atomic E-state index is 5.44. The van der Waals surface area contributed by atoms with Gasteiger partial charge in [0, 0.05) is 51.7 Å². The van der Waals surface area contributed by atoms with Gasteiger partial charge in [-0.25, -0.2) is 9.98 Å². The van der Waals surface area contributed by atoms with Gasteiger partial charge < -0.3 is 24.7 Å². The maximum Gasteiger partial charge on any atom is 0.191 e. The fourth-order valence-electron chi connectivity index (χ4n) is 3.39. The van der Waals surface area contributed by atoms with Gasteiger partial charge in [0.25, 0.3) is 0 Å². The molecule has 3 rings (SSSR count). The number of nitrogens with one attached hydrogen (secondary N) is 2. The van der Waals surface area contributed by atoms with Crippen molar-refractivity contribution in [2.45, 2.75) is 32.9 Å². The Hall–Kier alpha value is -3.32. The van der Waals surface area contributed by atoms with Crippen molar-refractivity contribution in [1.82, 2.24) is 20.2 Å². The SMILES string of the molecule is CCOCCCNC(=NCc1ccc(OC)cc1)NCCc1nccn1Cc1ccccc1. The minimum Gasteiger partial charge on any atom is -0.497 e. The second kappa shape index (κ2) is 14.0. The van der Waals surface area contributed by atoms with E-state index in [9.17, 15) is 0 Å². The van der Waals surface area contributed by atoms with Crippen molar-refractivity contribution in [3.63, 3.8) is 0 Å². The minimum atomic E-state index is 0.591. The number of ether oxygens (including phenoxy) is 2. The highest BCUT2D eigenvalue weighted by Crippen LogP contribution is 2.12. The third-order valence-corrected chi connectivity index (χ3v) is 5.18. The van der Waals surface area contributed by atoms with Crippen molar-refractivity contribution in [3.05, 3.63) is 83.9 Å². The van der Waals surface area contributed by atoms with E-state index in [0.717, 1.165) is 68.8 Å². The summed E-state index contributed by atoms with van der Waals surface area (Å²) in [6, 6.07) is 18.4. The molecule has 0 fully saturated rings. The molecule has 0 bridgehead atoms. The molecule has 0 saturated carbocycles. The fraction of sp³-hybridized carbons (Fsp3) is 0.385. The summed E-state index contributed by atoms with van der Waals surface area (Å²) in [7, 11) is 1.67. The molecule has 0 unspecified atom stereocenters. The van der Waals surface area contributed by atoms with Crippen LogP contribution in [0.4, 0.5) is 0 Å². The topological polar surface area (TPSA) is 72.7 Å². The number of nitrogens with zero attached hydrogens (tertiary/aromatic N) is 3. The zero-order chi connectivity index (χ0) is 23.1. The molecule has 0 radical (unpaired) electrons. The molecule has 3 aromatic rings. The van der Waals surface area contributed by atoms with Crippen molar-refractivity contribution in [2.24, 2.45) is 4.99 Å². The van der Waals surface area contributed by atoms with Crippen LogP contribution in [0.1, 0.15) is 30.3 Å². The Morgan fingerprint density at radius 3 is 2.55 bits per heavy atom. The lowest BCUT2D eigenvalue weighted by molar-refractivity contribution is 0.145. The number of aliphatic imine (C=N–C) groups is 1. The standard InChI is InChI=1S/C26H35N5O2/c1-3-33-19-7-15-28-26(30-20-22-10-12-24(32-2)13-11-22)29-16-14-25-27-17-18-31(25)21-23-8-5-4-6-9-23/h4-6,8-13,17-18H,3,7,14-16,19-21H2,1-2H3,(H2,28,29,30). The number of benzene rings is 2. The zero-order valence-electron chi connectivity index (χ0n) is 19.7. The molecule has 7 nitrogen and oxygen atoms in total. The summed E-state index contributed by atoms with van der Waals surface area (Å²) >= 11 is 0. The van der Waals surface area contributed by atoms with Gasteiger partial charge in [0.2, 0.25) is 0 Å². The molecule has 0 spiro atoms. The molecular weight excluding hydrogens is 414 g/mol. The Balaban J connectivity index is 1.54. The second-order valence-corrected chi connectivity index (χ2v) is 7.62. The van der Waals surface area contributed by atoms with Crippen molar-refractivity contribution in [2.75, 3.05) is 33.4 Å². The van der Waals surface area contributed by atoms with E-state index >= 15 is 0 Å². The predicted molar refractivity (Wildman–Crippen MR) is 133 cm³/mol. The summed E-state index contributed by atoms with van der Waals surface area (Å²) in [5, 5.41) is 6.87. The number of rotatable bonds is 13. The molecule has 0 aliphatic carbocycles. The van der Waals surface area contributed by atoms with E-state index in [1.54, 1.807) is 7.11 Å². The lowest BCUT2D eigenvalue weighted by Gasteiger charge is -2.14. The maximum absolute atomic E-state index is 5.44. The normalized spacial score (nSPS) is 11.4. The summed E-state index contributed by atoms with van der Waals surface area (Å²) in [6.07, 6.45) is 5.64. The van der Waals surface area contributed by atoms with Crippen LogP contribution in [0.15, 0.2) is 72.0 Å². The van der Waals surface area contributed by atoms with Crippen molar-refractivity contribution >= 4 is 5.96 Å². The number of aromatic nitrogens is 2. The Morgan fingerprint density at radius 2 is 1.79 bits per heavy atom. The first-order valence-electron chi connectivity index (χ1n) is 11.5. The summed E-state index contributed by atoms with van der Waals surface area (Å²) in [6.45, 7) is 6.46. The monoisotopic (exact) mass is 449 g/mol. The average molecular weight is 450 g/mol. The molecule has 1 aromatic heterocycles. The first-order valence-corrected chi connectivity index (χ1v) is 11.5. The third-order valence-electron chi connectivity index (χ3n) is 5.18. The van der Waals surface area contributed by atoms with Gasteiger partial charge in [0.15, 0.2) is 5.96 Å². The molecule has 0 saturated heterocycles. The molecule has 0 aliphatic rings. The van der Waals surface area contributed by atoms with E-state index < -0.39 is 0 Å². The Morgan fingerprint density at radius 1 is 1.00 bits per heavy atom. The highest BCUT2D eigenvalue weighted by atomic mass is 16.5. The number of methoxy groups -OCH3 is 1. The van der Waals surface area contributed by atoms with Crippen LogP contribution in [0.2, 0.25) is 0 Å². The van der Waals surface area contributed by atoms with E-state index in [1.165, 1.54) is 5.56 Å². The molecule has 33 heavy (non-hydrogen) atoms. The molecule has 1 heterocycles. The predicted octanol–water partition coefficient (Wildman–Crippen LogP) is 3.64. The molecule has 0 amide bonds. The van der Waals surface area contributed by atoms with Crippen molar-refractivity contribution in [3.8, 4) is 5.75 Å². The van der Waals surface area contributed by atoms with Crippen LogP contribution in [-0.4, -0.2) is 48.9 Å². The second-order valence-electron chi connectivity index (χ2n) is 7.62. The number of guanidine groups is 1. The molecule has 0 atom stereocenters.